The summed E-state index contributed by atoms with van der Waals surface area (Å²) < 4.78 is 6.10. The van der Waals surface area contributed by atoms with E-state index in [-0.39, 0.29) is 25.2 Å². The van der Waals surface area contributed by atoms with Crippen molar-refractivity contribution in [3.8, 4) is 0 Å². The normalized spacial score (nSPS) is 13.3. The lowest BCUT2D eigenvalue weighted by Gasteiger charge is -2.29. The molecule has 0 saturated carbocycles. The predicted molar refractivity (Wildman–Crippen MR) is 87.8 cm³/mol. The number of rotatable bonds is 7. The van der Waals surface area contributed by atoms with Crippen LogP contribution in [0.3, 0.4) is 0 Å². The molecule has 0 amide bonds. The summed E-state index contributed by atoms with van der Waals surface area (Å²) in [6.07, 6.45) is 3.20. The molecule has 1 aromatic heterocycles. The zero-order chi connectivity index (χ0) is 16.9. The van der Waals surface area contributed by atoms with Gasteiger partial charge in [-0.05, 0) is 24.6 Å². The van der Waals surface area contributed by atoms with E-state index in [0.29, 0.717) is 0 Å². The second kappa shape index (κ2) is 7.50. The number of ether oxygens (including phenoxy) is 1. The fourth-order valence-corrected chi connectivity index (χ4v) is 2.67. The number of carbonyl (C=O) groups is 2. The maximum Gasteiger partial charge on any atom is 0.344 e. The molecule has 2 rings (SSSR count). The van der Waals surface area contributed by atoms with Crippen LogP contribution in [0.2, 0.25) is 0 Å². The van der Waals surface area contributed by atoms with E-state index in [9.17, 15) is 9.59 Å². The van der Waals surface area contributed by atoms with Gasteiger partial charge in [0.05, 0.1) is 19.0 Å². The number of carbonyl (C=O) groups excluding carboxylic acids is 2. The Morgan fingerprint density at radius 3 is 2.30 bits per heavy atom. The lowest BCUT2D eigenvalue weighted by atomic mass is 9.85. The van der Waals surface area contributed by atoms with Gasteiger partial charge in [0.2, 0.25) is 5.54 Å². The number of halogens is 1. The summed E-state index contributed by atoms with van der Waals surface area (Å²) in [4.78, 5) is 26.6. The van der Waals surface area contributed by atoms with Crippen LogP contribution in [-0.2, 0) is 26.3 Å². The molecule has 122 valence electrons. The van der Waals surface area contributed by atoms with Crippen molar-refractivity contribution in [2.75, 3.05) is 6.61 Å². The van der Waals surface area contributed by atoms with Gasteiger partial charge in [-0.15, -0.1) is 0 Å². The van der Waals surface area contributed by atoms with Crippen LogP contribution < -0.4 is 0 Å². The standard InChI is InChI=1S/C16H18BrN3O3/c1-3-14(21)16(15(22)23-4-2,20-18-9-10-19-20)11-12-5-7-13(17)8-6-12/h5-10H,3-4,11H2,1-2H3. The van der Waals surface area contributed by atoms with Crippen molar-refractivity contribution in [2.45, 2.75) is 32.2 Å². The van der Waals surface area contributed by atoms with Crippen LogP contribution in [0, 0.1) is 0 Å². The third kappa shape index (κ3) is 3.50. The Kier molecular flexibility index (Phi) is 5.65. The molecule has 0 aliphatic heterocycles. The minimum absolute atomic E-state index is 0.139. The van der Waals surface area contributed by atoms with Gasteiger partial charge in [-0.25, -0.2) is 4.79 Å². The minimum Gasteiger partial charge on any atom is -0.464 e. The van der Waals surface area contributed by atoms with Gasteiger partial charge in [0.1, 0.15) is 0 Å². The SMILES string of the molecule is CCOC(=O)C(Cc1ccc(Br)cc1)(C(=O)CC)n1nccn1. The van der Waals surface area contributed by atoms with Gasteiger partial charge >= 0.3 is 5.97 Å². The maximum absolute atomic E-state index is 12.7. The molecule has 0 spiro atoms. The molecular formula is C16H18BrN3O3. The van der Waals surface area contributed by atoms with E-state index in [1.54, 1.807) is 13.8 Å². The Hall–Kier alpha value is -2.02. The van der Waals surface area contributed by atoms with Gasteiger partial charge in [0.15, 0.2) is 5.78 Å². The fraction of sp³-hybridized carbons (Fsp3) is 0.375. The first kappa shape index (κ1) is 17.3. The third-order valence-electron chi connectivity index (χ3n) is 3.53. The number of aromatic nitrogens is 3. The third-order valence-corrected chi connectivity index (χ3v) is 4.06. The monoisotopic (exact) mass is 379 g/mol. The van der Waals surface area contributed by atoms with E-state index in [1.165, 1.54) is 17.2 Å². The second-order valence-electron chi connectivity index (χ2n) is 4.98. The fourth-order valence-electron chi connectivity index (χ4n) is 2.40. The molecule has 1 atom stereocenters. The smallest absolute Gasteiger partial charge is 0.344 e. The molecule has 7 heteroatoms. The molecule has 0 radical (unpaired) electrons. The lowest BCUT2D eigenvalue weighted by Crippen LogP contribution is -2.53. The Labute approximate surface area is 143 Å². The van der Waals surface area contributed by atoms with Crippen molar-refractivity contribution < 1.29 is 14.3 Å². The predicted octanol–water partition coefficient (Wildman–Crippen LogP) is 2.52. The van der Waals surface area contributed by atoms with Crippen molar-refractivity contribution in [1.82, 2.24) is 15.0 Å². The molecule has 6 nitrogen and oxygen atoms in total. The van der Waals surface area contributed by atoms with E-state index >= 15 is 0 Å². The maximum atomic E-state index is 12.7. The van der Waals surface area contributed by atoms with Crippen LogP contribution in [0.25, 0.3) is 0 Å². The molecule has 0 saturated heterocycles. The molecule has 1 unspecified atom stereocenters. The zero-order valence-corrected chi connectivity index (χ0v) is 14.6. The molecule has 23 heavy (non-hydrogen) atoms. The summed E-state index contributed by atoms with van der Waals surface area (Å²) in [5.41, 5.74) is -0.761. The first-order chi connectivity index (χ1) is 11.0. The Morgan fingerprint density at radius 2 is 1.78 bits per heavy atom. The molecule has 0 N–H and O–H groups in total. The van der Waals surface area contributed by atoms with E-state index in [2.05, 4.69) is 26.1 Å². The van der Waals surface area contributed by atoms with Gasteiger partial charge in [-0.1, -0.05) is 35.0 Å². The van der Waals surface area contributed by atoms with Gasteiger partial charge in [-0.3, -0.25) is 4.79 Å². The molecular weight excluding hydrogens is 362 g/mol. The Bertz CT molecular complexity index is 670. The van der Waals surface area contributed by atoms with Gasteiger partial charge in [-0.2, -0.15) is 15.0 Å². The molecule has 2 aromatic rings. The molecule has 1 aromatic carbocycles. The summed E-state index contributed by atoms with van der Waals surface area (Å²) >= 11 is 3.37. The number of ketones is 1. The van der Waals surface area contributed by atoms with Crippen LogP contribution in [0.15, 0.2) is 41.1 Å². The highest BCUT2D eigenvalue weighted by molar-refractivity contribution is 9.10. The van der Waals surface area contributed by atoms with Crippen molar-refractivity contribution >= 4 is 27.7 Å². The number of esters is 1. The van der Waals surface area contributed by atoms with Crippen molar-refractivity contribution in [3.05, 3.63) is 46.7 Å². The van der Waals surface area contributed by atoms with Gasteiger partial charge in [0.25, 0.3) is 0 Å². The Morgan fingerprint density at radius 1 is 1.17 bits per heavy atom. The van der Waals surface area contributed by atoms with Crippen LogP contribution in [0.4, 0.5) is 0 Å². The van der Waals surface area contributed by atoms with Crippen molar-refractivity contribution in [3.63, 3.8) is 0 Å². The molecule has 0 bridgehead atoms. The minimum atomic E-state index is -1.58. The quantitative estimate of drug-likeness (QED) is 0.545. The van der Waals surface area contributed by atoms with E-state index in [1.807, 2.05) is 24.3 Å². The first-order valence-corrected chi connectivity index (χ1v) is 8.15. The summed E-state index contributed by atoms with van der Waals surface area (Å²) in [6.45, 7) is 3.59. The lowest BCUT2D eigenvalue weighted by molar-refractivity contribution is -0.160. The second-order valence-corrected chi connectivity index (χ2v) is 5.89. The van der Waals surface area contributed by atoms with Crippen LogP contribution in [-0.4, -0.2) is 33.4 Å². The topological polar surface area (TPSA) is 74.1 Å². The number of hydrogen-bond donors (Lipinski definition) is 0. The summed E-state index contributed by atoms with van der Waals surface area (Å²) in [7, 11) is 0. The van der Waals surface area contributed by atoms with E-state index in [0.717, 1.165) is 10.0 Å². The number of Topliss-reactive ketones (excluding diaryl/α,β-unsaturated/α-hetero) is 1. The van der Waals surface area contributed by atoms with Crippen molar-refractivity contribution in [2.24, 2.45) is 0 Å². The average molecular weight is 380 g/mol. The Balaban J connectivity index is 2.53. The summed E-state index contributed by atoms with van der Waals surface area (Å²) in [5, 5.41) is 8.10. The highest BCUT2D eigenvalue weighted by Gasteiger charge is 2.50. The van der Waals surface area contributed by atoms with Gasteiger partial charge < -0.3 is 4.74 Å². The molecule has 1 heterocycles. The molecule has 0 fully saturated rings. The highest BCUT2D eigenvalue weighted by Crippen LogP contribution is 2.26. The highest BCUT2D eigenvalue weighted by atomic mass is 79.9. The number of benzene rings is 1. The molecule has 0 aliphatic rings. The average Bonchev–Trinajstić information content (AvgIpc) is 3.08. The summed E-state index contributed by atoms with van der Waals surface area (Å²) in [6, 6.07) is 7.42. The first-order valence-electron chi connectivity index (χ1n) is 7.36. The number of nitrogens with zero attached hydrogens (tertiary/aromatic N) is 3. The van der Waals surface area contributed by atoms with Crippen LogP contribution in [0.5, 0.6) is 0 Å². The number of hydrogen-bond acceptors (Lipinski definition) is 5. The molecule has 0 aliphatic carbocycles. The summed E-state index contributed by atoms with van der Waals surface area (Å²) in [5.74, 6) is -0.916. The van der Waals surface area contributed by atoms with Crippen LogP contribution >= 0.6 is 15.9 Å². The van der Waals surface area contributed by atoms with Crippen molar-refractivity contribution in [1.29, 1.82) is 0 Å². The van der Waals surface area contributed by atoms with Gasteiger partial charge in [0, 0.05) is 17.3 Å². The van der Waals surface area contributed by atoms with E-state index < -0.39 is 11.5 Å². The largest absolute Gasteiger partial charge is 0.464 e. The van der Waals surface area contributed by atoms with E-state index in [4.69, 9.17) is 4.74 Å². The zero-order valence-electron chi connectivity index (χ0n) is 13.0. The van der Waals surface area contributed by atoms with Crippen LogP contribution in [0.1, 0.15) is 25.8 Å².